The van der Waals surface area contributed by atoms with E-state index in [1.54, 1.807) is 19.1 Å². The molecule has 1 aromatic heterocycles. The molecule has 178 valence electrons. The van der Waals surface area contributed by atoms with Crippen LogP contribution in [0.5, 0.6) is 0 Å². The number of benzene rings is 2. The summed E-state index contributed by atoms with van der Waals surface area (Å²) in [7, 11) is 0. The van der Waals surface area contributed by atoms with Crippen LogP contribution in [0.15, 0.2) is 30.3 Å². The maximum Gasteiger partial charge on any atom is 0.195 e. The number of H-pyrrole nitrogens is 1. The molecule has 2 fully saturated rings. The number of hydrogen-bond acceptors (Lipinski definition) is 5. The van der Waals surface area contributed by atoms with E-state index in [0.29, 0.717) is 22.3 Å². The molecule has 0 radical (unpaired) electrons. The lowest BCUT2D eigenvalue weighted by molar-refractivity contribution is 0.101. The zero-order chi connectivity index (χ0) is 24.5. The number of fused-ring (bicyclic) bond motifs is 4. The Kier molecular flexibility index (Phi) is 4.91. The van der Waals surface area contributed by atoms with E-state index in [2.05, 4.69) is 40.8 Å². The molecule has 6 nitrogen and oxygen atoms in total. The predicted octanol–water partition coefficient (Wildman–Crippen LogP) is 4.79. The minimum Gasteiger partial charge on any atom is -0.368 e. The van der Waals surface area contributed by atoms with Crippen LogP contribution in [0.1, 0.15) is 83.1 Å². The fourth-order valence-electron chi connectivity index (χ4n) is 6.16. The quantitative estimate of drug-likeness (QED) is 0.562. The summed E-state index contributed by atoms with van der Waals surface area (Å²) < 4.78 is 0. The number of nitrogens with one attached hydrogen (secondary N) is 1. The molecule has 1 N–H and O–H groups in total. The Morgan fingerprint density at radius 2 is 1.86 bits per heavy atom. The predicted molar refractivity (Wildman–Crippen MR) is 136 cm³/mol. The van der Waals surface area contributed by atoms with E-state index < -0.39 is 5.41 Å². The number of aromatic amines is 1. The number of aromatic nitrogens is 1. The Balaban J connectivity index is 1.45. The number of nitriles is 1. The van der Waals surface area contributed by atoms with Crippen molar-refractivity contribution in [3.63, 3.8) is 0 Å². The smallest absolute Gasteiger partial charge is 0.195 e. The first-order valence-electron chi connectivity index (χ1n) is 12.6. The summed E-state index contributed by atoms with van der Waals surface area (Å²) in [5.41, 5.74) is 5.54. The van der Waals surface area contributed by atoms with E-state index in [1.807, 2.05) is 12.1 Å². The molecule has 2 aromatic carbocycles. The third kappa shape index (κ3) is 3.25. The van der Waals surface area contributed by atoms with E-state index >= 15 is 0 Å². The summed E-state index contributed by atoms with van der Waals surface area (Å²) in [6, 6.07) is 12.2. The number of rotatable bonds is 3. The molecule has 35 heavy (non-hydrogen) atoms. The van der Waals surface area contributed by atoms with Crippen molar-refractivity contribution in [1.29, 1.82) is 5.26 Å². The van der Waals surface area contributed by atoms with Crippen molar-refractivity contribution in [2.45, 2.75) is 51.5 Å². The van der Waals surface area contributed by atoms with E-state index in [0.717, 1.165) is 60.1 Å². The molecular formula is C29H30N4O2. The zero-order valence-electron chi connectivity index (χ0n) is 20.6. The lowest BCUT2D eigenvalue weighted by Gasteiger charge is -2.44. The first-order valence-corrected chi connectivity index (χ1v) is 12.6. The Bertz CT molecular complexity index is 1430. The van der Waals surface area contributed by atoms with Gasteiger partial charge in [0.1, 0.15) is 0 Å². The standard InChI is InChI=1S/C29H30N4O2/c1-17(34)21-14-22-23(15-25(21)33-11-9-32(10-12-33)19-5-4-6-19)29(2,3)28-26(27(22)35)20-8-7-18(16-30)13-24(20)31-28/h7-8,13-15,19,31H,4-6,9-12H2,1-3H3. The molecule has 1 saturated carbocycles. The fourth-order valence-corrected chi connectivity index (χ4v) is 6.16. The second-order valence-electron chi connectivity index (χ2n) is 10.8. The molecule has 3 aromatic rings. The molecule has 0 spiro atoms. The molecule has 6 heteroatoms. The maximum absolute atomic E-state index is 13.8. The molecule has 0 unspecified atom stereocenters. The van der Waals surface area contributed by atoms with Gasteiger partial charge in [0.05, 0.1) is 17.2 Å². The van der Waals surface area contributed by atoms with Gasteiger partial charge in [0.15, 0.2) is 11.6 Å². The molecule has 3 aliphatic rings. The lowest BCUT2D eigenvalue weighted by atomic mass is 9.70. The van der Waals surface area contributed by atoms with Gasteiger partial charge in [-0.3, -0.25) is 14.5 Å². The number of anilines is 1. The molecule has 1 saturated heterocycles. The van der Waals surface area contributed by atoms with Crippen molar-refractivity contribution in [1.82, 2.24) is 9.88 Å². The van der Waals surface area contributed by atoms with Crippen LogP contribution in [0.3, 0.4) is 0 Å². The average molecular weight is 467 g/mol. The van der Waals surface area contributed by atoms with Gasteiger partial charge in [-0.15, -0.1) is 0 Å². The zero-order valence-corrected chi connectivity index (χ0v) is 20.6. The van der Waals surface area contributed by atoms with Crippen LogP contribution >= 0.6 is 0 Å². The van der Waals surface area contributed by atoms with E-state index in [-0.39, 0.29) is 11.6 Å². The Hall–Kier alpha value is -3.43. The minimum absolute atomic E-state index is 0.0155. The minimum atomic E-state index is -0.456. The molecule has 6 rings (SSSR count). The molecule has 0 bridgehead atoms. The summed E-state index contributed by atoms with van der Waals surface area (Å²) in [6.45, 7) is 9.64. The average Bonchev–Trinajstić information content (AvgIpc) is 3.21. The van der Waals surface area contributed by atoms with Gasteiger partial charge in [0.25, 0.3) is 0 Å². The van der Waals surface area contributed by atoms with Crippen LogP contribution < -0.4 is 4.90 Å². The van der Waals surface area contributed by atoms with Gasteiger partial charge < -0.3 is 9.88 Å². The third-order valence-corrected chi connectivity index (χ3v) is 8.46. The fraction of sp³-hybridized carbons (Fsp3) is 0.414. The Morgan fingerprint density at radius 1 is 1.11 bits per heavy atom. The molecule has 1 aliphatic heterocycles. The molecule has 0 atom stereocenters. The monoisotopic (exact) mass is 466 g/mol. The second kappa shape index (κ2) is 7.79. The second-order valence-corrected chi connectivity index (χ2v) is 10.8. The summed E-state index contributed by atoms with van der Waals surface area (Å²) >= 11 is 0. The molecule has 0 amide bonds. The number of piperazine rings is 1. The Morgan fingerprint density at radius 3 is 2.49 bits per heavy atom. The number of ketones is 2. The highest BCUT2D eigenvalue weighted by atomic mass is 16.1. The summed E-state index contributed by atoms with van der Waals surface area (Å²) in [5, 5.41) is 10.1. The van der Waals surface area contributed by atoms with E-state index in [9.17, 15) is 14.9 Å². The molecule has 2 aliphatic carbocycles. The SMILES string of the molecule is CC(=O)c1cc2c(cc1N1CCN(C3CCC3)CC1)C(C)(C)c1[nH]c3cc(C#N)ccc3c1C2=O. The number of nitrogens with zero attached hydrogens (tertiary/aromatic N) is 3. The molecule has 2 heterocycles. The number of carbonyl (C=O) groups is 2. The van der Waals surface area contributed by atoms with Crippen LogP contribution in [-0.4, -0.2) is 53.7 Å². The highest BCUT2D eigenvalue weighted by molar-refractivity contribution is 6.21. The largest absolute Gasteiger partial charge is 0.368 e. The van der Waals surface area contributed by atoms with Crippen molar-refractivity contribution in [3.8, 4) is 6.07 Å². The van der Waals surface area contributed by atoms with Gasteiger partial charge in [0.2, 0.25) is 0 Å². The summed E-state index contributed by atoms with van der Waals surface area (Å²) in [5.74, 6) is -0.0765. The van der Waals surface area contributed by atoms with Crippen LogP contribution in [0.25, 0.3) is 10.9 Å². The van der Waals surface area contributed by atoms with E-state index in [1.165, 1.54) is 19.3 Å². The highest BCUT2D eigenvalue weighted by Gasteiger charge is 2.41. The van der Waals surface area contributed by atoms with Crippen LogP contribution in [0, 0.1) is 11.3 Å². The van der Waals surface area contributed by atoms with Gasteiger partial charge in [-0.2, -0.15) is 5.26 Å². The van der Waals surface area contributed by atoms with Crippen molar-refractivity contribution >= 4 is 28.2 Å². The van der Waals surface area contributed by atoms with Gasteiger partial charge >= 0.3 is 0 Å². The maximum atomic E-state index is 13.8. The van der Waals surface area contributed by atoms with Crippen molar-refractivity contribution in [3.05, 3.63) is 63.8 Å². The normalized spacial score (nSPS) is 19.7. The van der Waals surface area contributed by atoms with Gasteiger partial charge in [0, 0.05) is 71.0 Å². The van der Waals surface area contributed by atoms with Gasteiger partial charge in [-0.05, 0) is 49.6 Å². The third-order valence-electron chi connectivity index (χ3n) is 8.46. The first-order chi connectivity index (χ1) is 16.8. The summed E-state index contributed by atoms with van der Waals surface area (Å²) in [6.07, 6.45) is 3.94. The van der Waals surface area contributed by atoms with E-state index in [4.69, 9.17) is 0 Å². The first kappa shape index (κ1) is 22.1. The van der Waals surface area contributed by atoms with Crippen molar-refractivity contribution in [2.24, 2.45) is 0 Å². The lowest BCUT2D eigenvalue weighted by Crippen LogP contribution is -2.52. The van der Waals surface area contributed by atoms with Crippen LogP contribution in [0.4, 0.5) is 5.69 Å². The summed E-state index contributed by atoms with van der Waals surface area (Å²) in [4.78, 5) is 35.0. The van der Waals surface area contributed by atoms with Crippen molar-refractivity contribution < 1.29 is 9.59 Å². The topological polar surface area (TPSA) is 80.2 Å². The number of Topliss-reactive ketones (excluding diaryl/α,β-unsaturated/α-hetero) is 1. The van der Waals surface area contributed by atoms with Crippen LogP contribution in [0.2, 0.25) is 0 Å². The van der Waals surface area contributed by atoms with Gasteiger partial charge in [-0.1, -0.05) is 26.3 Å². The Labute approximate surface area is 205 Å². The number of carbonyl (C=O) groups excluding carboxylic acids is 2. The van der Waals surface area contributed by atoms with Gasteiger partial charge in [-0.25, -0.2) is 0 Å². The van der Waals surface area contributed by atoms with Crippen molar-refractivity contribution in [2.75, 3.05) is 31.1 Å². The molecular weight excluding hydrogens is 436 g/mol. The highest BCUT2D eigenvalue weighted by Crippen LogP contribution is 2.46. The number of hydrogen-bond donors (Lipinski definition) is 1. The van der Waals surface area contributed by atoms with Crippen LogP contribution in [-0.2, 0) is 5.41 Å².